The van der Waals surface area contributed by atoms with Crippen LogP contribution in [0.5, 0.6) is 0 Å². The summed E-state index contributed by atoms with van der Waals surface area (Å²) in [6.07, 6.45) is 0.419. The molecule has 1 aromatic rings. The van der Waals surface area contributed by atoms with Crippen molar-refractivity contribution in [2.75, 3.05) is 51.5 Å². The molecule has 1 aliphatic rings. The highest BCUT2D eigenvalue weighted by molar-refractivity contribution is 5.86. The highest BCUT2D eigenvalue weighted by atomic mass is 35.5. The summed E-state index contributed by atoms with van der Waals surface area (Å²) in [7, 11) is 0. The van der Waals surface area contributed by atoms with Gasteiger partial charge < -0.3 is 20.9 Å². The number of halogens is 3. The number of anilines is 1. The second-order valence-electron chi connectivity index (χ2n) is 6.56. The SMILES string of the molecule is CCN1CCN(CC(C)CNC(=O)Cc2ccc(N)cc2)CC1.Cl.Cl.Cl. The molecule has 1 heterocycles. The topological polar surface area (TPSA) is 61.6 Å². The van der Waals surface area contributed by atoms with Gasteiger partial charge in [0.2, 0.25) is 5.91 Å². The summed E-state index contributed by atoms with van der Waals surface area (Å²) >= 11 is 0. The Morgan fingerprint density at radius 1 is 1.08 bits per heavy atom. The van der Waals surface area contributed by atoms with Crippen LogP contribution in [-0.4, -0.2) is 61.5 Å². The van der Waals surface area contributed by atoms with Gasteiger partial charge >= 0.3 is 0 Å². The Kier molecular flexibility index (Phi) is 15.2. The van der Waals surface area contributed by atoms with Gasteiger partial charge in [-0.15, -0.1) is 37.2 Å². The molecule has 3 N–H and O–H groups in total. The van der Waals surface area contributed by atoms with Gasteiger partial charge in [0.15, 0.2) is 0 Å². The fourth-order valence-corrected chi connectivity index (χ4v) is 2.96. The number of carbonyl (C=O) groups excluding carboxylic acids is 1. The van der Waals surface area contributed by atoms with Crippen molar-refractivity contribution in [1.82, 2.24) is 15.1 Å². The van der Waals surface area contributed by atoms with E-state index in [0.717, 1.165) is 57.1 Å². The van der Waals surface area contributed by atoms with Crippen molar-refractivity contribution in [3.05, 3.63) is 29.8 Å². The Morgan fingerprint density at radius 3 is 2.15 bits per heavy atom. The third kappa shape index (κ3) is 9.83. The predicted molar refractivity (Wildman–Crippen MR) is 117 cm³/mol. The molecule has 1 aliphatic heterocycles. The Hall–Kier alpha value is -0.720. The van der Waals surface area contributed by atoms with Crippen LogP contribution in [0.15, 0.2) is 24.3 Å². The normalized spacial score (nSPS) is 15.8. The largest absolute Gasteiger partial charge is 0.399 e. The first-order valence-electron chi connectivity index (χ1n) is 8.62. The van der Waals surface area contributed by atoms with Crippen molar-refractivity contribution >= 4 is 48.8 Å². The average molecular weight is 428 g/mol. The Labute approximate surface area is 176 Å². The number of hydrogen-bond acceptors (Lipinski definition) is 4. The maximum Gasteiger partial charge on any atom is 0.224 e. The van der Waals surface area contributed by atoms with E-state index < -0.39 is 0 Å². The number of carbonyl (C=O) groups is 1. The Bertz CT molecular complexity index is 494. The van der Waals surface area contributed by atoms with Crippen LogP contribution in [0.1, 0.15) is 19.4 Å². The van der Waals surface area contributed by atoms with Crippen molar-refractivity contribution in [2.24, 2.45) is 5.92 Å². The van der Waals surface area contributed by atoms with E-state index in [1.54, 1.807) is 0 Å². The molecule has 1 unspecified atom stereocenters. The van der Waals surface area contributed by atoms with Gasteiger partial charge in [0.25, 0.3) is 0 Å². The number of nitrogens with two attached hydrogens (primary N) is 1. The monoisotopic (exact) mass is 426 g/mol. The highest BCUT2D eigenvalue weighted by Crippen LogP contribution is 2.07. The standard InChI is InChI=1S/C18H30N4O.3ClH/c1-3-21-8-10-22(11-9-21)14-15(2)13-20-18(23)12-16-4-6-17(19)7-5-16;;;/h4-7,15H,3,8-14,19H2,1-2H3,(H,20,23);3*1H. The molecule has 2 rings (SSSR count). The fraction of sp³-hybridized carbons (Fsp3) is 0.611. The molecule has 1 aromatic carbocycles. The van der Waals surface area contributed by atoms with Crippen LogP contribution >= 0.6 is 37.2 Å². The van der Waals surface area contributed by atoms with Crippen LogP contribution in [0.3, 0.4) is 0 Å². The van der Waals surface area contributed by atoms with Crippen molar-refractivity contribution in [2.45, 2.75) is 20.3 Å². The Morgan fingerprint density at radius 2 is 1.62 bits per heavy atom. The average Bonchev–Trinajstić information content (AvgIpc) is 2.56. The predicted octanol–water partition coefficient (Wildman–Crippen LogP) is 2.47. The van der Waals surface area contributed by atoms with Gasteiger partial charge in [-0.2, -0.15) is 0 Å². The van der Waals surface area contributed by atoms with E-state index in [4.69, 9.17) is 5.73 Å². The first-order valence-corrected chi connectivity index (χ1v) is 8.62. The summed E-state index contributed by atoms with van der Waals surface area (Å²) < 4.78 is 0. The third-order valence-electron chi connectivity index (χ3n) is 4.47. The summed E-state index contributed by atoms with van der Waals surface area (Å²) in [6.45, 7) is 11.9. The van der Waals surface area contributed by atoms with Crippen LogP contribution in [0.4, 0.5) is 5.69 Å². The van der Waals surface area contributed by atoms with Gasteiger partial charge in [-0.3, -0.25) is 4.79 Å². The van der Waals surface area contributed by atoms with Crippen LogP contribution in [0.2, 0.25) is 0 Å². The highest BCUT2D eigenvalue weighted by Gasteiger charge is 2.17. The summed E-state index contributed by atoms with van der Waals surface area (Å²) in [4.78, 5) is 17.0. The number of nitrogen functional groups attached to an aromatic ring is 1. The van der Waals surface area contributed by atoms with Crippen molar-refractivity contribution in [3.8, 4) is 0 Å². The van der Waals surface area contributed by atoms with Crippen LogP contribution in [-0.2, 0) is 11.2 Å². The molecule has 1 fully saturated rings. The zero-order valence-electron chi connectivity index (χ0n) is 15.6. The molecular weight excluding hydrogens is 395 g/mol. The molecular formula is C18H33Cl3N4O. The summed E-state index contributed by atoms with van der Waals surface area (Å²) in [5.41, 5.74) is 7.38. The molecule has 8 heteroatoms. The second kappa shape index (κ2) is 14.4. The molecule has 26 heavy (non-hydrogen) atoms. The maximum atomic E-state index is 12.0. The van der Waals surface area contributed by atoms with E-state index in [0.29, 0.717) is 12.3 Å². The molecule has 0 spiro atoms. The van der Waals surface area contributed by atoms with Gasteiger partial charge in [0, 0.05) is 45.0 Å². The number of piperazine rings is 1. The molecule has 0 bridgehead atoms. The lowest BCUT2D eigenvalue weighted by molar-refractivity contribution is -0.120. The molecule has 0 saturated carbocycles. The van der Waals surface area contributed by atoms with Gasteiger partial charge in [0.1, 0.15) is 0 Å². The number of benzene rings is 1. The van der Waals surface area contributed by atoms with E-state index in [9.17, 15) is 4.79 Å². The third-order valence-corrected chi connectivity index (χ3v) is 4.47. The van der Waals surface area contributed by atoms with E-state index in [2.05, 4.69) is 29.0 Å². The van der Waals surface area contributed by atoms with E-state index in [-0.39, 0.29) is 43.1 Å². The number of nitrogens with one attached hydrogen (secondary N) is 1. The van der Waals surface area contributed by atoms with Gasteiger partial charge in [-0.25, -0.2) is 0 Å². The number of hydrogen-bond donors (Lipinski definition) is 2. The molecule has 1 amide bonds. The van der Waals surface area contributed by atoms with E-state index in [1.165, 1.54) is 0 Å². The zero-order valence-corrected chi connectivity index (χ0v) is 18.1. The number of likely N-dealkylation sites (N-methyl/N-ethyl adjacent to an activating group) is 1. The first-order chi connectivity index (χ1) is 11.1. The molecule has 1 saturated heterocycles. The number of amides is 1. The Balaban J connectivity index is 0. The summed E-state index contributed by atoms with van der Waals surface area (Å²) in [5, 5.41) is 3.05. The lowest BCUT2D eigenvalue weighted by Crippen LogP contribution is -2.48. The lowest BCUT2D eigenvalue weighted by atomic mass is 10.1. The fourth-order valence-electron chi connectivity index (χ4n) is 2.96. The molecule has 0 radical (unpaired) electrons. The molecule has 5 nitrogen and oxygen atoms in total. The zero-order chi connectivity index (χ0) is 16.7. The minimum Gasteiger partial charge on any atom is -0.399 e. The van der Waals surface area contributed by atoms with Crippen LogP contribution in [0, 0.1) is 5.92 Å². The smallest absolute Gasteiger partial charge is 0.224 e. The van der Waals surface area contributed by atoms with Crippen molar-refractivity contribution < 1.29 is 4.79 Å². The van der Waals surface area contributed by atoms with E-state index >= 15 is 0 Å². The molecule has 0 aliphatic carbocycles. The van der Waals surface area contributed by atoms with E-state index in [1.807, 2.05) is 24.3 Å². The number of nitrogens with zero attached hydrogens (tertiary/aromatic N) is 2. The minimum atomic E-state index is 0. The van der Waals surface area contributed by atoms with Crippen molar-refractivity contribution in [1.29, 1.82) is 0 Å². The van der Waals surface area contributed by atoms with Crippen LogP contribution in [0.25, 0.3) is 0 Å². The molecule has 0 aromatic heterocycles. The second-order valence-corrected chi connectivity index (χ2v) is 6.56. The summed E-state index contributed by atoms with van der Waals surface area (Å²) in [5.74, 6) is 0.552. The van der Waals surface area contributed by atoms with Gasteiger partial charge in [-0.1, -0.05) is 26.0 Å². The lowest BCUT2D eigenvalue weighted by Gasteiger charge is -2.35. The molecule has 1 atom stereocenters. The van der Waals surface area contributed by atoms with Gasteiger partial charge in [0.05, 0.1) is 6.42 Å². The number of rotatable bonds is 7. The quantitative estimate of drug-likeness (QED) is 0.656. The molecule has 152 valence electrons. The first kappa shape index (κ1) is 27.5. The van der Waals surface area contributed by atoms with Crippen molar-refractivity contribution in [3.63, 3.8) is 0 Å². The minimum absolute atomic E-state index is 0. The van der Waals surface area contributed by atoms with Gasteiger partial charge in [-0.05, 0) is 30.2 Å². The van der Waals surface area contributed by atoms with Crippen LogP contribution < -0.4 is 11.1 Å². The summed E-state index contributed by atoms with van der Waals surface area (Å²) in [6, 6.07) is 7.49. The maximum absolute atomic E-state index is 12.0.